The predicted octanol–water partition coefficient (Wildman–Crippen LogP) is 2.66. The van der Waals surface area contributed by atoms with Gasteiger partial charge >= 0.3 is 5.97 Å². The largest absolute Gasteiger partial charge is 0.482 e. The number of benzene rings is 1. The number of aliphatic carboxylic acids is 1. The van der Waals surface area contributed by atoms with Crippen LogP contribution in [0.1, 0.15) is 5.56 Å². The lowest BCUT2D eigenvalue weighted by Gasteiger charge is -2.04. The summed E-state index contributed by atoms with van der Waals surface area (Å²) in [6.07, 6.45) is 2.04. The highest BCUT2D eigenvalue weighted by molar-refractivity contribution is 8.76. The minimum Gasteiger partial charge on any atom is -0.482 e. The zero-order valence-electron chi connectivity index (χ0n) is 8.30. The van der Waals surface area contributed by atoms with E-state index < -0.39 is 5.97 Å². The summed E-state index contributed by atoms with van der Waals surface area (Å²) >= 11 is 0. The lowest BCUT2D eigenvalue weighted by Crippen LogP contribution is -2.09. The van der Waals surface area contributed by atoms with Crippen LogP contribution in [0.5, 0.6) is 5.75 Å². The van der Waals surface area contributed by atoms with E-state index in [4.69, 9.17) is 9.84 Å². The van der Waals surface area contributed by atoms with Gasteiger partial charge in [0.15, 0.2) is 6.61 Å². The minimum absolute atomic E-state index is 0.293. The molecule has 1 rings (SSSR count). The Morgan fingerprint density at radius 1 is 1.40 bits per heavy atom. The van der Waals surface area contributed by atoms with Crippen LogP contribution in [0.2, 0.25) is 0 Å². The monoisotopic (exact) mass is 244 g/mol. The van der Waals surface area contributed by atoms with Gasteiger partial charge < -0.3 is 9.84 Å². The molecule has 5 heteroatoms. The van der Waals surface area contributed by atoms with Crippen molar-refractivity contribution in [3.63, 3.8) is 0 Å². The molecule has 15 heavy (non-hydrogen) atoms. The van der Waals surface area contributed by atoms with Crippen molar-refractivity contribution in [3.05, 3.63) is 29.8 Å². The molecule has 0 saturated heterocycles. The summed E-state index contributed by atoms with van der Waals surface area (Å²) in [4.78, 5) is 10.2. The minimum atomic E-state index is -0.961. The van der Waals surface area contributed by atoms with Crippen molar-refractivity contribution in [2.45, 2.75) is 5.75 Å². The molecule has 0 aliphatic heterocycles. The highest BCUT2D eigenvalue weighted by Crippen LogP contribution is 2.23. The van der Waals surface area contributed by atoms with Crippen LogP contribution in [0.3, 0.4) is 0 Å². The molecule has 0 atom stereocenters. The van der Waals surface area contributed by atoms with Gasteiger partial charge in [-0.3, -0.25) is 0 Å². The van der Waals surface area contributed by atoms with Crippen molar-refractivity contribution in [2.75, 3.05) is 12.9 Å². The van der Waals surface area contributed by atoms with Crippen molar-refractivity contribution >= 4 is 27.6 Å². The summed E-state index contributed by atoms with van der Waals surface area (Å²) in [6.45, 7) is -0.293. The molecule has 3 nitrogen and oxygen atoms in total. The predicted molar refractivity (Wildman–Crippen MR) is 64.4 cm³/mol. The molecule has 1 aromatic carbocycles. The molecule has 0 amide bonds. The SMILES string of the molecule is CSSCc1ccc(OCC(=O)O)cc1. The fraction of sp³-hybridized carbons (Fsp3) is 0.300. The zero-order valence-corrected chi connectivity index (χ0v) is 9.94. The summed E-state index contributed by atoms with van der Waals surface area (Å²) in [5.41, 5.74) is 1.21. The molecule has 0 fully saturated rings. The van der Waals surface area contributed by atoms with Gasteiger partial charge in [0, 0.05) is 5.75 Å². The Balaban J connectivity index is 2.45. The van der Waals surface area contributed by atoms with E-state index in [-0.39, 0.29) is 6.61 Å². The van der Waals surface area contributed by atoms with Gasteiger partial charge in [-0.05, 0) is 24.0 Å². The fourth-order valence-electron chi connectivity index (χ4n) is 0.954. The van der Waals surface area contributed by atoms with Crippen molar-refractivity contribution in [1.82, 2.24) is 0 Å². The molecule has 0 spiro atoms. The summed E-state index contributed by atoms with van der Waals surface area (Å²) in [5.74, 6) is 0.577. The third-order valence-corrected chi connectivity index (χ3v) is 3.38. The van der Waals surface area contributed by atoms with E-state index in [1.54, 1.807) is 33.7 Å². The maximum absolute atomic E-state index is 10.2. The van der Waals surface area contributed by atoms with E-state index in [0.29, 0.717) is 5.75 Å². The molecule has 0 bridgehead atoms. The highest BCUT2D eigenvalue weighted by Gasteiger charge is 1.99. The number of carbonyl (C=O) groups is 1. The quantitative estimate of drug-likeness (QED) is 0.779. The molecule has 0 heterocycles. The smallest absolute Gasteiger partial charge is 0.341 e. The van der Waals surface area contributed by atoms with Crippen molar-refractivity contribution < 1.29 is 14.6 Å². The fourth-order valence-corrected chi connectivity index (χ4v) is 2.16. The molecule has 1 N–H and O–H groups in total. The van der Waals surface area contributed by atoms with Crippen LogP contribution in [0.4, 0.5) is 0 Å². The summed E-state index contributed by atoms with van der Waals surface area (Å²) < 4.78 is 5.02. The second-order valence-electron chi connectivity index (χ2n) is 2.76. The average Bonchev–Trinajstić information content (AvgIpc) is 2.25. The van der Waals surface area contributed by atoms with E-state index in [0.717, 1.165) is 5.75 Å². The van der Waals surface area contributed by atoms with Crippen LogP contribution in [-0.2, 0) is 10.5 Å². The van der Waals surface area contributed by atoms with Crippen LogP contribution in [0.15, 0.2) is 24.3 Å². The van der Waals surface area contributed by atoms with Crippen LogP contribution in [0, 0.1) is 0 Å². The van der Waals surface area contributed by atoms with E-state index in [1.165, 1.54) is 5.56 Å². The van der Waals surface area contributed by atoms with Crippen LogP contribution < -0.4 is 4.74 Å². The highest BCUT2D eigenvalue weighted by atomic mass is 33.1. The van der Waals surface area contributed by atoms with Gasteiger partial charge in [-0.1, -0.05) is 33.7 Å². The normalized spacial score (nSPS) is 9.93. The molecular formula is C10H12O3S2. The Morgan fingerprint density at radius 3 is 2.60 bits per heavy atom. The third-order valence-electron chi connectivity index (χ3n) is 1.63. The van der Waals surface area contributed by atoms with Gasteiger partial charge in [0.2, 0.25) is 0 Å². The maximum atomic E-state index is 10.2. The molecular weight excluding hydrogens is 232 g/mol. The van der Waals surface area contributed by atoms with E-state index >= 15 is 0 Å². The Labute approximate surface area is 96.6 Å². The van der Waals surface area contributed by atoms with Crippen LogP contribution >= 0.6 is 21.6 Å². The first kappa shape index (κ1) is 12.3. The van der Waals surface area contributed by atoms with Crippen molar-refractivity contribution in [3.8, 4) is 5.75 Å². The molecule has 0 aromatic heterocycles. The van der Waals surface area contributed by atoms with Gasteiger partial charge in [-0.25, -0.2) is 4.79 Å². The Hall–Kier alpha value is -0.810. The Kier molecular flexibility index (Phi) is 5.42. The first-order valence-corrected chi connectivity index (χ1v) is 7.04. The molecule has 0 aliphatic rings. The Bertz CT molecular complexity index is 311. The molecule has 1 aromatic rings. The standard InChI is InChI=1S/C10H12O3S2/c1-14-15-7-8-2-4-9(5-3-8)13-6-10(11)12/h2-5H,6-7H2,1H3,(H,11,12). The number of carboxylic acids is 1. The maximum Gasteiger partial charge on any atom is 0.341 e. The van der Waals surface area contributed by atoms with E-state index in [2.05, 4.69) is 0 Å². The van der Waals surface area contributed by atoms with Gasteiger partial charge in [0.25, 0.3) is 0 Å². The van der Waals surface area contributed by atoms with Gasteiger partial charge in [-0.15, -0.1) is 0 Å². The van der Waals surface area contributed by atoms with Crippen LogP contribution in [-0.4, -0.2) is 23.9 Å². The molecule has 0 unspecified atom stereocenters. The van der Waals surface area contributed by atoms with E-state index in [1.807, 2.05) is 18.4 Å². The van der Waals surface area contributed by atoms with Gasteiger partial charge in [-0.2, -0.15) is 0 Å². The molecule has 0 saturated carbocycles. The molecule has 0 radical (unpaired) electrons. The lowest BCUT2D eigenvalue weighted by atomic mass is 10.2. The average molecular weight is 244 g/mol. The zero-order chi connectivity index (χ0) is 11.1. The first-order valence-electron chi connectivity index (χ1n) is 4.31. The number of hydrogen-bond acceptors (Lipinski definition) is 4. The lowest BCUT2D eigenvalue weighted by molar-refractivity contribution is -0.139. The van der Waals surface area contributed by atoms with Crippen molar-refractivity contribution in [1.29, 1.82) is 0 Å². The second-order valence-corrected chi connectivity index (χ2v) is 5.32. The van der Waals surface area contributed by atoms with Gasteiger partial charge in [0.1, 0.15) is 5.75 Å². The number of hydrogen-bond donors (Lipinski definition) is 1. The van der Waals surface area contributed by atoms with E-state index in [9.17, 15) is 4.79 Å². The van der Waals surface area contributed by atoms with Crippen molar-refractivity contribution in [2.24, 2.45) is 0 Å². The Morgan fingerprint density at radius 2 is 2.07 bits per heavy atom. The van der Waals surface area contributed by atoms with Gasteiger partial charge in [0.05, 0.1) is 0 Å². The third kappa shape index (κ3) is 4.99. The summed E-state index contributed by atoms with van der Waals surface area (Å²) in [5, 5.41) is 8.41. The first-order chi connectivity index (χ1) is 7.22. The molecule has 82 valence electrons. The second kappa shape index (κ2) is 6.63. The summed E-state index contributed by atoms with van der Waals surface area (Å²) in [6, 6.07) is 7.47. The number of carboxylic acid groups (broad SMARTS) is 1. The number of rotatable bonds is 6. The molecule has 0 aliphatic carbocycles. The number of ether oxygens (including phenoxy) is 1. The topological polar surface area (TPSA) is 46.5 Å². The van der Waals surface area contributed by atoms with Crippen LogP contribution in [0.25, 0.3) is 0 Å². The summed E-state index contributed by atoms with van der Waals surface area (Å²) in [7, 11) is 3.49.